The zero-order chi connectivity index (χ0) is 54.2. The quantitative estimate of drug-likeness (QED) is 0.0272. The number of likely N-dealkylation sites (N-methyl/N-ethyl adjacent to an activating group) is 1. The molecule has 0 aliphatic heterocycles. The normalized spacial score (nSPS) is 13.8. The van der Waals surface area contributed by atoms with E-state index in [-0.39, 0.29) is 19.1 Å². The number of aliphatic hydroxyl groups excluding tert-OH is 1. The number of nitrogens with one attached hydrogen (secondary N) is 1. The van der Waals surface area contributed by atoms with Crippen LogP contribution in [0.25, 0.3) is 0 Å². The lowest BCUT2D eigenvalue weighted by atomic mass is 10.0. The molecule has 0 aliphatic rings. The van der Waals surface area contributed by atoms with E-state index in [0.717, 1.165) is 38.5 Å². The molecule has 9 heteroatoms. The molecule has 2 N–H and O–H groups in total. The van der Waals surface area contributed by atoms with Crippen molar-refractivity contribution < 1.29 is 32.9 Å². The van der Waals surface area contributed by atoms with Crippen LogP contribution in [0, 0.1) is 0 Å². The minimum Gasteiger partial charge on any atom is -0.756 e. The third kappa shape index (κ3) is 58.9. The highest BCUT2D eigenvalue weighted by Crippen LogP contribution is 2.38. The summed E-state index contributed by atoms with van der Waals surface area (Å²) >= 11 is 0. The Balaban J connectivity index is 4.05. The zero-order valence-electron chi connectivity index (χ0n) is 50.6. The number of allylic oxidation sites excluding steroid dienone is 1. The maximum Gasteiger partial charge on any atom is 0.268 e. The van der Waals surface area contributed by atoms with Crippen LogP contribution in [0.4, 0.5) is 0 Å². The monoisotopic (exact) mass is 1070 g/mol. The predicted molar refractivity (Wildman–Crippen MR) is 321 cm³/mol. The van der Waals surface area contributed by atoms with E-state index in [1.165, 1.54) is 289 Å². The standard InChI is InChI=1S/C65H131N2O6P/c1-6-8-10-12-14-16-18-20-22-24-26-28-29-30-31-32-33-34-35-36-37-39-40-42-44-46-48-50-52-54-56-58-64(68)63(62-73-74(70,71)72-61-60-67(3,4)5)66-65(69)59-57-55-53-51-49-47-45-43-41-38-27-25-23-21-19-17-15-13-11-9-7-2/h56,58,63-64,68H,6-55,57,59-62H2,1-5H3,(H-,66,69,70,71)/b58-56+. The first kappa shape index (κ1) is 73.2. The first-order chi connectivity index (χ1) is 36.0. The molecule has 0 aromatic rings. The van der Waals surface area contributed by atoms with E-state index in [0.29, 0.717) is 17.4 Å². The number of hydrogen-bond donors (Lipinski definition) is 2. The molecule has 0 bridgehead atoms. The zero-order valence-corrected chi connectivity index (χ0v) is 51.5. The molecule has 442 valence electrons. The van der Waals surface area contributed by atoms with Gasteiger partial charge in [0.25, 0.3) is 7.82 Å². The number of hydrogen-bond acceptors (Lipinski definition) is 6. The van der Waals surface area contributed by atoms with Crippen LogP contribution in [0.15, 0.2) is 12.2 Å². The highest BCUT2D eigenvalue weighted by Gasteiger charge is 2.23. The summed E-state index contributed by atoms with van der Waals surface area (Å²) in [6, 6.07) is -0.883. The van der Waals surface area contributed by atoms with E-state index in [1.807, 2.05) is 27.2 Å². The minimum absolute atomic E-state index is 0.00290. The minimum atomic E-state index is -4.60. The summed E-state index contributed by atoms with van der Waals surface area (Å²) in [5.74, 6) is -0.188. The van der Waals surface area contributed by atoms with Gasteiger partial charge >= 0.3 is 0 Å². The van der Waals surface area contributed by atoms with Gasteiger partial charge in [-0.25, -0.2) is 0 Å². The van der Waals surface area contributed by atoms with Gasteiger partial charge in [-0.3, -0.25) is 9.36 Å². The average Bonchev–Trinajstić information content (AvgIpc) is 3.36. The van der Waals surface area contributed by atoms with Crippen LogP contribution < -0.4 is 10.2 Å². The second-order valence-corrected chi connectivity index (χ2v) is 25.6. The second-order valence-electron chi connectivity index (χ2n) is 24.2. The molecule has 0 aromatic heterocycles. The molecular weight excluding hydrogens is 936 g/mol. The average molecular weight is 1070 g/mol. The first-order valence-electron chi connectivity index (χ1n) is 33.1. The van der Waals surface area contributed by atoms with Crippen molar-refractivity contribution >= 4 is 13.7 Å². The summed E-state index contributed by atoms with van der Waals surface area (Å²) in [6.45, 7) is 4.72. The van der Waals surface area contributed by atoms with E-state index >= 15 is 0 Å². The molecule has 3 atom stereocenters. The van der Waals surface area contributed by atoms with Crippen molar-refractivity contribution in [2.24, 2.45) is 0 Å². The van der Waals surface area contributed by atoms with Gasteiger partial charge in [0.15, 0.2) is 0 Å². The highest BCUT2D eigenvalue weighted by molar-refractivity contribution is 7.45. The van der Waals surface area contributed by atoms with Gasteiger partial charge in [-0.05, 0) is 19.3 Å². The molecule has 0 saturated carbocycles. The van der Waals surface area contributed by atoms with Crippen LogP contribution in [0.2, 0.25) is 0 Å². The van der Waals surface area contributed by atoms with Crippen LogP contribution in [-0.2, 0) is 18.4 Å². The Labute approximate surface area is 462 Å². The van der Waals surface area contributed by atoms with Crippen LogP contribution in [-0.4, -0.2) is 68.5 Å². The number of rotatable bonds is 62. The molecule has 0 spiro atoms. The number of carbonyl (C=O) groups excluding carboxylic acids is 1. The molecule has 0 rings (SSSR count). The third-order valence-electron chi connectivity index (χ3n) is 15.5. The molecule has 0 aliphatic carbocycles. The van der Waals surface area contributed by atoms with Gasteiger partial charge in [0, 0.05) is 6.42 Å². The van der Waals surface area contributed by atoms with Crippen molar-refractivity contribution in [2.75, 3.05) is 40.9 Å². The molecule has 3 unspecified atom stereocenters. The molecule has 0 radical (unpaired) electrons. The predicted octanol–water partition coefficient (Wildman–Crippen LogP) is 19.9. The van der Waals surface area contributed by atoms with Crippen molar-refractivity contribution in [3.63, 3.8) is 0 Å². The number of carbonyl (C=O) groups is 1. The lowest BCUT2D eigenvalue weighted by Gasteiger charge is -2.29. The number of phosphoric acid groups is 1. The summed E-state index contributed by atoms with van der Waals surface area (Å²) in [5, 5.41) is 13.9. The van der Waals surface area contributed by atoms with E-state index in [2.05, 4.69) is 19.2 Å². The molecule has 8 nitrogen and oxygen atoms in total. The van der Waals surface area contributed by atoms with Gasteiger partial charge in [0.1, 0.15) is 13.2 Å². The van der Waals surface area contributed by atoms with E-state index < -0.39 is 20.0 Å². The van der Waals surface area contributed by atoms with Crippen LogP contribution in [0.1, 0.15) is 348 Å². The largest absolute Gasteiger partial charge is 0.756 e. The molecule has 0 heterocycles. The SMILES string of the molecule is CCCCCCCCCCCCCCCCCCCCCCCCCCCCCCC/C=C/C(O)C(COP(=O)([O-])OCC[N+](C)(C)C)NC(=O)CCCCCCCCCCCCCCCCCCCCCCC. The first-order valence-corrected chi connectivity index (χ1v) is 34.5. The van der Waals surface area contributed by atoms with Gasteiger partial charge in [0.2, 0.25) is 5.91 Å². The van der Waals surface area contributed by atoms with Crippen molar-refractivity contribution in [1.82, 2.24) is 5.32 Å². The molecular formula is C65H131N2O6P. The Morgan fingerprint density at radius 1 is 0.459 bits per heavy atom. The Kier molecular flexibility index (Phi) is 56.4. The summed E-state index contributed by atoms with van der Waals surface area (Å²) in [4.78, 5) is 25.6. The van der Waals surface area contributed by atoms with Gasteiger partial charge < -0.3 is 28.8 Å². The van der Waals surface area contributed by atoms with Crippen molar-refractivity contribution in [2.45, 2.75) is 360 Å². The van der Waals surface area contributed by atoms with Crippen molar-refractivity contribution in [3.05, 3.63) is 12.2 Å². The summed E-state index contributed by atoms with van der Waals surface area (Å²) in [6.07, 6.45) is 71.8. The Morgan fingerprint density at radius 2 is 0.730 bits per heavy atom. The molecule has 0 saturated heterocycles. The maximum atomic E-state index is 13.0. The highest BCUT2D eigenvalue weighted by atomic mass is 31.2. The number of unbranched alkanes of at least 4 members (excludes halogenated alkanes) is 49. The Bertz CT molecular complexity index is 1210. The third-order valence-corrected chi connectivity index (χ3v) is 16.5. The fourth-order valence-electron chi connectivity index (χ4n) is 10.3. The fourth-order valence-corrected chi connectivity index (χ4v) is 11.1. The van der Waals surface area contributed by atoms with Crippen LogP contribution >= 0.6 is 7.82 Å². The number of nitrogens with zero attached hydrogens (tertiary/aromatic N) is 1. The van der Waals surface area contributed by atoms with Crippen molar-refractivity contribution in [1.29, 1.82) is 0 Å². The topological polar surface area (TPSA) is 108 Å². The van der Waals surface area contributed by atoms with Gasteiger partial charge in [-0.1, -0.05) is 334 Å². The van der Waals surface area contributed by atoms with Gasteiger partial charge in [-0.2, -0.15) is 0 Å². The molecule has 0 aromatic carbocycles. The maximum absolute atomic E-state index is 13.0. The van der Waals surface area contributed by atoms with E-state index in [9.17, 15) is 19.4 Å². The number of quaternary nitrogens is 1. The second kappa shape index (κ2) is 56.9. The number of amides is 1. The van der Waals surface area contributed by atoms with Crippen LogP contribution in [0.3, 0.4) is 0 Å². The number of phosphoric ester groups is 1. The Hall–Kier alpha value is -0.760. The lowest BCUT2D eigenvalue weighted by Crippen LogP contribution is -2.45. The fraction of sp³-hybridized carbons (Fsp3) is 0.954. The summed E-state index contributed by atoms with van der Waals surface area (Å²) in [5.41, 5.74) is 0. The molecule has 0 fully saturated rings. The molecule has 1 amide bonds. The summed E-state index contributed by atoms with van der Waals surface area (Å²) < 4.78 is 23.4. The molecule has 74 heavy (non-hydrogen) atoms. The van der Waals surface area contributed by atoms with Crippen molar-refractivity contribution in [3.8, 4) is 0 Å². The van der Waals surface area contributed by atoms with Gasteiger partial charge in [0.05, 0.1) is 39.9 Å². The smallest absolute Gasteiger partial charge is 0.268 e. The lowest BCUT2D eigenvalue weighted by molar-refractivity contribution is -0.870. The summed E-state index contributed by atoms with van der Waals surface area (Å²) in [7, 11) is 1.28. The number of aliphatic hydroxyl groups is 1. The van der Waals surface area contributed by atoms with Gasteiger partial charge in [-0.15, -0.1) is 0 Å². The van der Waals surface area contributed by atoms with E-state index in [1.54, 1.807) is 6.08 Å². The Morgan fingerprint density at radius 3 is 1.01 bits per heavy atom. The van der Waals surface area contributed by atoms with E-state index in [4.69, 9.17) is 9.05 Å². The van der Waals surface area contributed by atoms with Crippen LogP contribution in [0.5, 0.6) is 0 Å².